The van der Waals surface area contributed by atoms with E-state index in [1.807, 2.05) is 18.4 Å². The van der Waals surface area contributed by atoms with Crippen molar-refractivity contribution >= 4 is 11.7 Å². The van der Waals surface area contributed by atoms with Crippen LogP contribution in [0.4, 0.5) is 0 Å². The Balaban J connectivity index is 1.52. The maximum atomic E-state index is 5.26. The molecular weight excluding hydrogens is 354 g/mol. The molecule has 4 aliphatic heterocycles. The summed E-state index contributed by atoms with van der Waals surface area (Å²) in [5.41, 5.74) is 2.07. The van der Waals surface area contributed by atoms with Gasteiger partial charge in [-0.3, -0.25) is 9.98 Å². The van der Waals surface area contributed by atoms with Crippen LogP contribution in [-0.2, 0) is 0 Å². The zero-order chi connectivity index (χ0) is 19.5. The highest BCUT2D eigenvalue weighted by Crippen LogP contribution is 2.30. The summed E-state index contributed by atoms with van der Waals surface area (Å²) in [6.07, 6.45) is 12.0. The topological polar surface area (TPSA) is 115 Å². The summed E-state index contributed by atoms with van der Waals surface area (Å²) >= 11 is 0. The highest BCUT2D eigenvalue weighted by Gasteiger charge is 2.34. The lowest BCUT2D eigenvalue weighted by Gasteiger charge is -2.44. The highest BCUT2D eigenvalue weighted by molar-refractivity contribution is 6.41. The van der Waals surface area contributed by atoms with Gasteiger partial charge in [-0.1, -0.05) is 12.1 Å². The normalized spacial score (nSPS) is 29.4. The molecule has 4 aliphatic rings. The number of nitrogens with zero attached hydrogens (tertiary/aromatic N) is 5. The molecule has 3 atom stereocenters. The molecule has 0 radical (unpaired) electrons. The minimum absolute atomic E-state index is 0.169. The van der Waals surface area contributed by atoms with Gasteiger partial charge in [0.2, 0.25) is 0 Å². The van der Waals surface area contributed by atoms with Crippen LogP contribution in [0.1, 0.15) is 26.7 Å². The van der Waals surface area contributed by atoms with Gasteiger partial charge in [0.15, 0.2) is 11.7 Å². The van der Waals surface area contributed by atoms with E-state index in [1.54, 1.807) is 0 Å². The third-order valence-electron chi connectivity index (χ3n) is 5.47. The number of hydrogen-bond donors (Lipinski definition) is 4. The molecule has 0 bridgehead atoms. The first-order chi connectivity index (χ1) is 13.7. The molecule has 0 amide bonds. The molecule has 0 saturated carbocycles. The van der Waals surface area contributed by atoms with Crippen molar-refractivity contribution in [1.82, 2.24) is 20.9 Å². The van der Waals surface area contributed by atoms with E-state index in [9.17, 15) is 0 Å². The standard InChI is InChI=1S/C19H27N9/c1-3-13-9-14(26-27-20)10-17(24-13)28-8-5-16-15(12(28)2)11-23-19(25-16)18-21-6-4-7-22-18/h4,6,9-13,16,24H,3,5,7-8H2,1-2H3,(H2,20,26)(H,21,22)(H,23,25). The number of aliphatic imine (C=N–C) groups is 2. The van der Waals surface area contributed by atoms with Crippen molar-refractivity contribution in [3.8, 4) is 0 Å². The fourth-order valence-electron chi connectivity index (χ4n) is 3.94. The van der Waals surface area contributed by atoms with Crippen LogP contribution >= 0.6 is 0 Å². The van der Waals surface area contributed by atoms with Gasteiger partial charge in [-0.15, -0.1) is 5.11 Å². The van der Waals surface area contributed by atoms with E-state index in [0.29, 0.717) is 6.54 Å². The fraction of sp³-hybridized carbons (Fsp3) is 0.474. The summed E-state index contributed by atoms with van der Waals surface area (Å²) in [7, 11) is 0. The zero-order valence-corrected chi connectivity index (χ0v) is 16.3. The molecule has 148 valence electrons. The molecule has 0 aromatic carbocycles. The van der Waals surface area contributed by atoms with Crippen molar-refractivity contribution in [1.29, 1.82) is 0 Å². The first kappa shape index (κ1) is 18.3. The lowest BCUT2D eigenvalue weighted by atomic mass is 9.91. The minimum Gasteiger partial charge on any atom is -0.365 e. The Morgan fingerprint density at radius 1 is 1.32 bits per heavy atom. The van der Waals surface area contributed by atoms with Gasteiger partial charge in [-0.05, 0) is 37.5 Å². The number of rotatable bonds is 4. The summed E-state index contributed by atoms with van der Waals surface area (Å²) < 4.78 is 0. The van der Waals surface area contributed by atoms with Crippen molar-refractivity contribution in [2.75, 3.05) is 13.1 Å². The SMILES string of the molecule is CCC1C=C(N=NN)C=C(N2CCC3N=C(C4=NCC=CN4)NC=C3C2C)N1. The van der Waals surface area contributed by atoms with E-state index in [0.717, 1.165) is 42.6 Å². The van der Waals surface area contributed by atoms with E-state index >= 15 is 0 Å². The van der Waals surface area contributed by atoms with Crippen molar-refractivity contribution in [3.05, 3.63) is 47.7 Å². The van der Waals surface area contributed by atoms with Crippen LogP contribution in [0.15, 0.2) is 68.0 Å². The Morgan fingerprint density at radius 3 is 2.96 bits per heavy atom. The Kier molecular flexibility index (Phi) is 5.14. The summed E-state index contributed by atoms with van der Waals surface area (Å²) in [5, 5.41) is 17.6. The van der Waals surface area contributed by atoms with Crippen LogP contribution < -0.4 is 21.8 Å². The predicted octanol–water partition coefficient (Wildman–Crippen LogP) is 1.28. The first-order valence-electron chi connectivity index (χ1n) is 9.78. The van der Waals surface area contributed by atoms with Gasteiger partial charge in [-0.2, -0.15) is 0 Å². The Labute approximate surface area is 164 Å². The lowest BCUT2D eigenvalue weighted by molar-refractivity contribution is 0.224. The lowest BCUT2D eigenvalue weighted by Crippen LogP contribution is -2.51. The number of fused-ring (bicyclic) bond motifs is 1. The first-order valence-corrected chi connectivity index (χ1v) is 9.78. The minimum atomic E-state index is 0.169. The molecule has 4 heterocycles. The van der Waals surface area contributed by atoms with Gasteiger partial charge in [0.05, 0.1) is 24.3 Å². The van der Waals surface area contributed by atoms with E-state index < -0.39 is 0 Å². The average Bonchev–Trinajstić information content (AvgIpc) is 2.74. The summed E-state index contributed by atoms with van der Waals surface area (Å²) in [6, 6.07) is 0.600. The number of nitrogens with two attached hydrogens (primary N) is 1. The van der Waals surface area contributed by atoms with Crippen LogP contribution in [0.5, 0.6) is 0 Å². The van der Waals surface area contributed by atoms with Crippen molar-refractivity contribution in [2.24, 2.45) is 26.2 Å². The van der Waals surface area contributed by atoms with Gasteiger partial charge in [0.25, 0.3) is 0 Å². The van der Waals surface area contributed by atoms with E-state index in [2.05, 4.69) is 62.3 Å². The molecule has 3 unspecified atom stereocenters. The molecule has 5 N–H and O–H groups in total. The Bertz CT molecular complexity index is 830. The molecule has 1 fully saturated rings. The van der Waals surface area contributed by atoms with E-state index in [-0.39, 0.29) is 18.1 Å². The molecule has 0 aromatic rings. The summed E-state index contributed by atoms with van der Waals surface area (Å²) in [5.74, 6) is 7.94. The number of nitrogens with one attached hydrogen (secondary N) is 3. The Hall–Kier alpha value is -3.10. The highest BCUT2D eigenvalue weighted by atomic mass is 15.3. The average molecular weight is 381 g/mol. The molecule has 9 nitrogen and oxygen atoms in total. The number of likely N-dealkylation sites (tertiary alicyclic amines) is 1. The van der Waals surface area contributed by atoms with Gasteiger partial charge in [-0.25, -0.2) is 0 Å². The molecule has 0 aromatic heterocycles. The Morgan fingerprint density at radius 2 is 2.21 bits per heavy atom. The fourth-order valence-corrected chi connectivity index (χ4v) is 3.94. The van der Waals surface area contributed by atoms with E-state index in [1.165, 1.54) is 5.57 Å². The summed E-state index contributed by atoms with van der Waals surface area (Å²) in [6.45, 7) is 5.95. The van der Waals surface area contributed by atoms with Crippen LogP contribution in [0, 0.1) is 0 Å². The van der Waals surface area contributed by atoms with Crippen molar-refractivity contribution in [2.45, 2.75) is 44.8 Å². The van der Waals surface area contributed by atoms with Crippen molar-refractivity contribution in [3.63, 3.8) is 0 Å². The molecule has 1 saturated heterocycles. The molecule has 4 rings (SSSR count). The third kappa shape index (κ3) is 3.51. The molecular formula is C19H27N9. The summed E-state index contributed by atoms with van der Waals surface area (Å²) in [4.78, 5) is 11.8. The van der Waals surface area contributed by atoms with Crippen LogP contribution in [-0.4, -0.2) is 47.8 Å². The largest absolute Gasteiger partial charge is 0.365 e. The van der Waals surface area contributed by atoms with Gasteiger partial charge >= 0.3 is 0 Å². The second-order valence-electron chi connectivity index (χ2n) is 7.17. The van der Waals surface area contributed by atoms with Gasteiger partial charge in [0.1, 0.15) is 5.82 Å². The maximum absolute atomic E-state index is 5.26. The molecule has 0 aliphatic carbocycles. The van der Waals surface area contributed by atoms with Crippen LogP contribution in [0.3, 0.4) is 0 Å². The quantitative estimate of drug-likeness (QED) is 0.333. The second-order valence-corrected chi connectivity index (χ2v) is 7.17. The van der Waals surface area contributed by atoms with Gasteiger partial charge < -0.3 is 26.7 Å². The number of piperidine rings is 1. The van der Waals surface area contributed by atoms with Crippen LogP contribution in [0.25, 0.3) is 0 Å². The number of allylic oxidation sites excluding steroid dienone is 1. The van der Waals surface area contributed by atoms with E-state index in [4.69, 9.17) is 10.8 Å². The van der Waals surface area contributed by atoms with Gasteiger partial charge in [0, 0.05) is 31.1 Å². The third-order valence-corrected chi connectivity index (χ3v) is 5.47. The predicted molar refractivity (Wildman–Crippen MR) is 110 cm³/mol. The number of hydrogen-bond acceptors (Lipinski definition) is 8. The number of dihydropyridines is 1. The smallest absolute Gasteiger partial charge is 0.169 e. The number of amidine groups is 2. The molecule has 0 spiro atoms. The molecule has 9 heteroatoms. The zero-order valence-electron chi connectivity index (χ0n) is 16.3. The maximum Gasteiger partial charge on any atom is 0.169 e. The van der Waals surface area contributed by atoms with Crippen molar-refractivity contribution < 1.29 is 0 Å². The van der Waals surface area contributed by atoms with Crippen LogP contribution in [0.2, 0.25) is 0 Å². The second kappa shape index (κ2) is 7.87. The molecule has 28 heavy (non-hydrogen) atoms. The monoisotopic (exact) mass is 381 g/mol.